The van der Waals surface area contributed by atoms with Crippen molar-refractivity contribution in [1.29, 1.82) is 0 Å². The van der Waals surface area contributed by atoms with Crippen molar-refractivity contribution in [3.63, 3.8) is 0 Å². The minimum absolute atomic E-state index is 0.0704. The van der Waals surface area contributed by atoms with E-state index < -0.39 is 0 Å². The van der Waals surface area contributed by atoms with E-state index in [0.717, 1.165) is 12.3 Å². The molecule has 2 atom stereocenters. The largest absolute Gasteiger partial charge is 0.485 e. The first-order valence-electron chi connectivity index (χ1n) is 7.08. The molecule has 20 heavy (non-hydrogen) atoms. The molecule has 0 aromatic heterocycles. The minimum Gasteiger partial charge on any atom is -0.485 e. The highest BCUT2D eigenvalue weighted by Gasteiger charge is 2.21. The molecule has 106 valence electrons. The summed E-state index contributed by atoms with van der Waals surface area (Å²) in [4.78, 5) is 2.20. The lowest BCUT2D eigenvalue weighted by atomic mass is 9.96. The van der Waals surface area contributed by atoms with Crippen LogP contribution in [0.15, 0.2) is 60.7 Å². The van der Waals surface area contributed by atoms with Gasteiger partial charge in [0.1, 0.15) is 11.9 Å². The molecule has 0 radical (unpaired) electrons. The van der Waals surface area contributed by atoms with Crippen molar-refractivity contribution in [2.45, 2.75) is 13.0 Å². The van der Waals surface area contributed by atoms with E-state index in [0.29, 0.717) is 5.92 Å². The number of hydrogen-bond donors (Lipinski definition) is 0. The van der Waals surface area contributed by atoms with E-state index in [2.05, 4.69) is 50.2 Å². The van der Waals surface area contributed by atoms with Crippen molar-refractivity contribution in [2.24, 2.45) is 5.92 Å². The molecule has 0 aliphatic rings. The molecule has 0 fully saturated rings. The number of para-hydroxylation sites is 1. The summed E-state index contributed by atoms with van der Waals surface area (Å²) in [5, 5.41) is 0. The zero-order valence-electron chi connectivity index (χ0n) is 12.5. The van der Waals surface area contributed by atoms with Crippen molar-refractivity contribution in [3.05, 3.63) is 66.2 Å². The summed E-state index contributed by atoms with van der Waals surface area (Å²) in [6.07, 6.45) is 0.0704. The van der Waals surface area contributed by atoms with Crippen LogP contribution in [0.1, 0.15) is 18.6 Å². The maximum Gasteiger partial charge on any atom is 0.127 e. The summed E-state index contributed by atoms with van der Waals surface area (Å²) >= 11 is 0. The number of ether oxygens (including phenoxy) is 1. The summed E-state index contributed by atoms with van der Waals surface area (Å²) in [6, 6.07) is 20.5. The van der Waals surface area contributed by atoms with E-state index >= 15 is 0 Å². The third kappa shape index (κ3) is 4.10. The third-order valence-corrected chi connectivity index (χ3v) is 3.30. The number of nitrogens with zero attached hydrogens (tertiary/aromatic N) is 1. The molecular formula is C18H23NO. The van der Waals surface area contributed by atoms with Crippen molar-refractivity contribution in [3.8, 4) is 5.75 Å². The molecular weight excluding hydrogens is 246 g/mol. The van der Waals surface area contributed by atoms with Gasteiger partial charge >= 0.3 is 0 Å². The van der Waals surface area contributed by atoms with Gasteiger partial charge in [0.05, 0.1) is 0 Å². The molecule has 0 N–H and O–H groups in total. The Labute approximate surface area is 122 Å². The Morgan fingerprint density at radius 3 is 2.00 bits per heavy atom. The van der Waals surface area contributed by atoms with Crippen molar-refractivity contribution in [2.75, 3.05) is 20.6 Å². The fraction of sp³-hybridized carbons (Fsp3) is 0.333. The normalized spacial score (nSPS) is 14.0. The van der Waals surface area contributed by atoms with Crippen molar-refractivity contribution < 1.29 is 4.74 Å². The van der Waals surface area contributed by atoms with Crippen LogP contribution in [0, 0.1) is 5.92 Å². The van der Waals surface area contributed by atoms with Crippen LogP contribution in [0.3, 0.4) is 0 Å². The van der Waals surface area contributed by atoms with Gasteiger partial charge in [0.25, 0.3) is 0 Å². The molecule has 2 unspecified atom stereocenters. The lowest BCUT2D eigenvalue weighted by Gasteiger charge is -2.27. The number of rotatable bonds is 6. The summed E-state index contributed by atoms with van der Waals surface area (Å²) in [5.41, 5.74) is 1.23. The Hall–Kier alpha value is -1.80. The topological polar surface area (TPSA) is 12.5 Å². The molecule has 0 amide bonds. The maximum absolute atomic E-state index is 6.24. The molecule has 2 aromatic carbocycles. The van der Waals surface area contributed by atoms with Crippen LogP contribution < -0.4 is 4.74 Å². The van der Waals surface area contributed by atoms with Gasteiger partial charge in [-0.25, -0.2) is 0 Å². The highest BCUT2D eigenvalue weighted by molar-refractivity contribution is 5.25. The molecule has 0 aliphatic carbocycles. The van der Waals surface area contributed by atoms with E-state index in [9.17, 15) is 0 Å². The average Bonchev–Trinajstić information content (AvgIpc) is 2.46. The van der Waals surface area contributed by atoms with Crippen LogP contribution in [-0.4, -0.2) is 25.5 Å². The summed E-state index contributed by atoms with van der Waals surface area (Å²) in [6.45, 7) is 3.23. The van der Waals surface area contributed by atoms with E-state index in [1.807, 2.05) is 36.4 Å². The molecule has 2 nitrogen and oxygen atoms in total. The summed E-state index contributed by atoms with van der Waals surface area (Å²) in [7, 11) is 4.20. The monoisotopic (exact) mass is 269 g/mol. The Morgan fingerprint density at radius 1 is 0.900 bits per heavy atom. The predicted molar refractivity (Wildman–Crippen MR) is 84.0 cm³/mol. The second kappa shape index (κ2) is 7.11. The smallest absolute Gasteiger partial charge is 0.127 e. The first-order valence-corrected chi connectivity index (χ1v) is 7.08. The third-order valence-electron chi connectivity index (χ3n) is 3.30. The van der Waals surface area contributed by atoms with E-state index in [1.165, 1.54) is 5.56 Å². The summed E-state index contributed by atoms with van der Waals surface area (Å²) < 4.78 is 6.24. The first kappa shape index (κ1) is 14.6. The zero-order valence-corrected chi connectivity index (χ0v) is 12.5. The van der Waals surface area contributed by atoms with E-state index in [4.69, 9.17) is 4.74 Å². The highest BCUT2D eigenvalue weighted by atomic mass is 16.5. The highest BCUT2D eigenvalue weighted by Crippen LogP contribution is 2.28. The molecule has 0 bridgehead atoms. The van der Waals surface area contributed by atoms with Gasteiger partial charge in [-0.1, -0.05) is 55.5 Å². The molecule has 2 aromatic rings. The predicted octanol–water partition coefficient (Wildman–Crippen LogP) is 4.00. The Kier molecular flexibility index (Phi) is 5.19. The van der Waals surface area contributed by atoms with Gasteiger partial charge < -0.3 is 9.64 Å². The van der Waals surface area contributed by atoms with Gasteiger partial charge in [0, 0.05) is 12.5 Å². The van der Waals surface area contributed by atoms with Crippen LogP contribution >= 0.6 is 0 Å². The Morgan fingerprint density at radius 2 is 1.45 bits per heavy atom. The van der Waals surface area contributed by atoms with Crippen molar-refractivity contribution >= 4 is 0 Å². The molecule has 0 saturated carbocycles. The zero-order chi connectivity index (χ0) is 14.4. The standard InChI is InChI=1S/C18H23NO/c1-15(14-19(2)3)18(16-10-6-4-7-11-16)20-17-12-8-5-9-13-17/h4-13,15,18H,14H2,1-3H3. The van der Waals surface area contributed by atoms with Crippen LogP contribution in [0.5, 0.6) is 5.75 Å². The number of benzene rings is 2. The van der Waals surface area contributed by atoms with Crippen LogP contribution in [0.4, 0.5) is 0 Å². The van der Waals surface area contributed by atoms with Gasteiger partial charge in [-0.05, 0) is 31.8 Å². The summed E-state index contributed by atoms with van der Waals surface area (Å²) in [5.74, 6) is 1.33. The van der Waals surface area contributed by atoms with Gasteiger partial charge in [0.2, 0.25) is 0 Å². The molecule has 0 spiro atoms. The van der Waals surface area contributed by atoms with Crippen LogP contribution in [0.25, 0.3) is 0 Å². The molecule has 0 heterocycles. The first-order chi connectivity index (χ1) is 9.66. The quantitative estimate of drug-likeness (QED) is 0.786. The fourth-order valence-electron chi connectivity index (χ4n) is 2.47. The second-order valence-electron chi connectivity index (χ2n) is 5.50. The molecule has 0 aliphatic heterocycles. The lowest BCUT2D eigenvalue weighted by molar-refractivity contribution is 0.124. The fourth-order valence-corrected chi connectivity index (χ4v) is 2.47. The Balaban J connectivity index is 2.20. The lowest BCUT2D eigenvalue weighted by Crippen LogP contribution is -2.27. The Bertz CT molecular complexity index is 495. The minimum atomic E-state index is 0.0704. The molecule has 2 rings (SSSR count). The maximum atomic E-state index is 6.24. The molecule has 0 saturated heterocycles. The average molecular weight is 269 g/mol. The van der Waals surface area contributed by atoms with E-state index in [-0.39, 0.29) is 6.10 Å². The van der Waals surface area contributed by atoms with Gasteiger partial charge in [-0.2, -0.15) is 0 Å². The van der Waals surface area contributed by atoms with Gasteiger partial charge in [-0.3, -0.25) is 0 Å². The second-order valence-corrected chi connectivity index (χ2v) is 5.50. The van der Waals surface area contributed by atoms with Gasteiger partial charge in [0.15, 0.2) is 0 Å². The number of hydrogen-bond acceptors (Lipinski definition) is 2. The van der Waals surface area contributed by atoms with E-state index in [1.54, 1.807) is 0 Å². The van der Waals surface area contributed by atoms with Crippen LogP contribution in [-0.2, 0) is 0 Å². The van der Waals surface area contributed by atoms with Crippen LogP contribution in [0.2, 0.25) is 0 Å². The van der Waals surface area contributed by atoms with Crippen molar-refractivity contribution in [1.82, 2.24) is 4.90 Å². The SMILES string of the molecule is CC(CN(C)C)C(Oc1ccccc1)c1ccccc1. The molecule has 2 heteroatoms. The van der Waals surface area contributed by atoms with Gasteiger partial charge in [-0.15, -0.1) is 0 Å².